The van der Waals surface area contributed by atoms with Crippen molar-refractivity contribution in [2.45, 2.75) is 65.0 Å². The maximum Gasteiger partial charge on any atom is 0.0165 e. The molecule has 1 saturated carbocycles. The van der Waals surface area contributed by atoms with E-state index >= 15 is 0 Å². The number of hydrogen-bond donors (Lipinski definition) is 1. The summed E-state index contributed by atoms with van der Waals surface area (Å²) >= 11 is 0. The van der Waals surface area contributed by atoms with Gasteiger partial charge < -0.3 is 5.32 Å². The third-order valence-corrected chi connectivity index (χ3v) is 3.79. The van der Waals surface area contributed by atoms with E-state index in [9.17, 15) is 0 Å². The summed E-state index contributed by atoms with van der Waals surface area (Å²) in [5.41, 5.74) is 1.43. The minimum Gasteiger partial charge on any atom is -0.314 e. The van der Waals surface area contributed by atoms with Crippen LogP contribution in [-0.4, -0.2) is 37.1 Å². The van der Waals surface area contributed by atoms with Crippen LogP contribution in [0.3, 0.4) is 0 Å². The van der Waals surface area contributed by atoms with Gasteiger partial charge in [-0.25, -0.2) is 0 Å². The molecule has 0 unspecified atom stereocenters. The normalized spacial score (nSPS) is 25.0. The zero-order valence-electron chi connectivity index (χ0n) is 12.1. The first-order valence-electron chi connectivity index (χ1n) is 7.20. The second kappa shape index (κ2) is 7.88. The predicted molar refractivity (Wildman–Crippen MR) is 76.4 cm³/mol. The van der Waals surface area contributed by atoms with Crippen LogP contribution in [0.15, 0.2) is 11.6 Å². The number of nitrogens with zero attached hydrogens (tertiary/aromatic N) is 1. The van der Waals surface area contributed by atoms with Gasteiger partial charge in [0, 0.05) is 18.6 Å². The summed E-state index contributed by atoms with van der Waals surface area (Å²) in [6.07, 6.45) is 9.00. The minimum absolute atomic E-state index is 0.781. The van der Waals surface area contributed by atoms with Crippen LogP contribution >= 0.6 is 0 Å². The largest absolute Gasteiger partial charge is 0.314 e. The lowest BCUT2D eigenvalue weighted by molar-refractivity contribution is 0.188. The Morgan fingerprint density at radius 3 is 2.41 bits per heavy atom. The highest BCUT2D eigenvalue weighted by atomic mass is 15.1. The fourth-order valence-corrected chi connectivity index (χ4v) is 2.54. The van der Waals surface area contributed by atoms with Crippen molar-refractivity contribution in [1.29, 1.82) is 0 Å². The van der Waals surface area contributed by atoms with Crippen molar-refractivity contribution >= 4 is 0 Å². The molecule has 0 atom stereocenters. The van der Waals surface area contributed by atoms with E-state index in [-0.39, 0.29) is 0 Å². The Morgan fingerprint density at radius 1 is 1.24 bits per heavy atom. The monoisotopic (exact) mass is 238 g/mol. The lowest BCUT2D eigenvalue weighted by atomic mass is 9.90. The first-order chi connectivity index (χ1) is 8.13. The smallest absolute Gasteiger partial charge is 0.0165 e. The summed E-state index contributed by atoms with van der Waals surface area (Å²) in [5.74, 6) is 0. The number of hydrogen-bond acceptors (Lipinski definition) is 2. The molecule has 0 aromatic rings. The third kappa shape index (κ3) is 5.69. The molecule has 0 aromatic carbocycles. The van der Waals surface area contributed by atoms with E-state index in [0.717, 1.165) is 18.6 Å². The molecule has 0 aromatic heterocycles. The van der Waals surface area contributed by atoms with Gasteiger partial charge in [0.25, 0.3) is 0 Å². The van der Waals surface area contributed by atoms with Gasteiger partial charge in [0.15, 0.2) is 0 Å². The molecule has 0 spiro atoms. The molecule has 0 amide bonds. The zero-order chi connectivity index (χ0) is 12.7. The van der Waals surface area contributed by atoms with Crippen LogP contribution in [0, 0.1) is 0 Å². The second-order valence-corrected chi connectivity index (χ2v) is 5.68. The van der Waals surface area contributed by atoms with Crippen molar-refractivity contribution < 1.29 is 0 Å². The Balaban J connectivity index is 2.23. The molecular weight excluding hydrogens is 208 g/mol. The molecule has 17 heavy (non-hydrogen) atoms. The topological polar surface area (TPSA) is 15.3 Å². The highest BCUT2D eigenvalue weighted by Gasteiger charge is 2.22. The quantitative estimate of drug-likeness (QED) is 0.715. The van der Waals surface area contributed by atoms with E-state index in [1.807, 2.05) is 0 Å². The van der Waals surface area contributed by atoms with Gasteiger partial charge in [0.1, 0.15) is 0 Å². The second-order valence-electron chi connectivity index (χ2n) is 5.68. The van der Waals surface area contributed by atoms with Crippen LogP contribution in [0.5, 0.6) is 0 Å². The van der Waals surface area contributed by atoms with Gasteiger partial charge in [0.05, 0.1) is 0 Å². The molecule has 0 bridgehead atoms. The van der Waals surface area contributed by atoms with E-state index in [1.54, 1.807) is 0 Å². The van der Waals surface area contributed by atoms with Crippen molar-refractivity contribution in [3.8, 4) is 0 Å². The van der Waals surface area contributed by atoms with Crippen molar-refractivity contribution in [2.75, 3.05) is 20.1 Å². The van der Waals surface area contributed by atoms with Gasteiger partial charge in [-0.05, 0) is 59.5 Å². The molecule has 0 aliphatic heterocycles. The molecule has 1 rings (SSSR count). The Morgan fingerprint density at radius 2 is 1.88 bits per heavy atom. The molecule has 0 saturated heterocycles. The van der Waals surface area contributed by atoms with E-state index in [4.69, 9.17) is 0 Å². The summed E-state index contributed by atoms with van der Waals surface area (Å²) in [6.45, 7) is 8.90. The zero-order valence-corrected chi connectivity index (χ0v) is 12.1. The fraction of sp³-hybridized carbons (Fsp3) is 0.867. The molecule has 100 valence electrons. The van der Waals surface area contributed by atoms with Crippen molar-refractivity contribution in [2.24, 2.45) is 0 Å². The van der Waals surface area contributed by atoms with Crippen molar-refractivity contribution in [3.63, 3.8) is 0 Å². The van der Waals surface area contributed by atoms with Crippen molar-refractivity contribution in [1.82, 2.24) is 10.2 Å². The van der Waals surface area contributed by atoms with Crippen LogP contribution in [0.2, 0.25) is 0 Å². The average Bonchev–Trinajstić information content (AvgIpc) is 2.34. The lowest BCUT2D eigenvalue weighted by Crippen LogP contribution is -2.41. The molecule has 0 heterocycles. The van der Waals surface area contributed by atoms with Crippen LogP contribution < -0.4 is 5.32 Å². The highest BCUT2D eigenvalue weighted by molar-refractivity contribution is 4.95. The summed E-state index contributed by atoms with van der Waals surface area (Å²) in [6, 6.07) is 1.58. The van der Waals surface area contributed by atoms with E-state index < -0.39 is 0 Å². The SMILES string of the molecule is CCCNC1CCC(N(C)CC=C(C)C)CC1. The van der Waals surface area contributed by atoms with Gasteiger partial charge >= 0.3 is 0 Å². The molecule has 0 radical (unpaired) electrons. The molecule has 2 heteroatoms. The molecule has 1 fully saturated rings. The van der Waals surface area contributed by atoms with Gasteiger partial charge in [-0.2, -0.15) is 0 Å². The van der Waals surface area contributed by atoms with Crippen LogP contribution in [0.4, 0.5) is 0 Å². The summed E-state index contributed by atoms with van der Waals surface area (Å²) < 4.78 is 0. The maximum atomic E-state index is 3.65. The number of rotatable bonds is 6. The fourth-order valence-electron chi connectivity index (χ4n) is 2.54. The Labute approximate surface area is 107 Å². The van der Waals surface area contributed by atoms with Gasteiger partial charge in [0.2, 0.25) is 0 Å². The van der Waals surface area contributed by atoms with Crippen LogP contribution in [0.25, 0.3) is 0 Å². The number of likely N-dealkylation sites (N-methyl/N-ethyl adjacent to an activating group) is 1. The number of nitrogens with one attached hydrogen (secondary N) is 1. The Kier molecular flexibility index (Phi) is 6.83. The summed E-state index contributed by atoms with van der Waals surface area (Å²) in [7, 11) is 2.27. The van der Waals surface area contributed by atoms with E-state index in [2.05, 4.69) is 44.1 Å². The van der Waals surface area contributed by atoms with Crippen LogP contribution in [0.1, 0.15) is 52.9 Å². The minimum atomic E-state index is 0.781. The average molecular weight is 238 g/mol. The molecule has 1 aliphatic rings. The number of allylic oxidation sites excluding steroid dienone is 1. The van der Waals surface area contributed by atoms with Crippen molar-refractivity contribution in [3.05, 3.63) is 11.6 Å². The predicted octanol–water partition coefficient (Wildman–Crippen LogP) is 3.20. The highest BCUT2D eigenvalue weighted by Crippen LogP contribution is 2.22. The molecule has 1 N–H and O–H groups in total. The molecule has 1 aliphatic carbocycles. The van der Waals surface area contributed by atoms with Gasteiger partial charge in [-0.15, -0.1) is 0 Å². The standard InChI is InChI=1S/C15H30N2/c1-5-11-16-14-6-8-15(9-7-14)17(4)12-10-13(2)3/h10,14-16H,5-9,11-12H2,1-4H3. The first kappa shape index (κ1) is 14.7. The van der Waals surface area contributed by atoms with E-state index in [0.29, 0.717) is 0 Å². The maximum absolute atomic E-state index is 3.65. The lowest BCUT2D eigenvalue weighted by Gasteiger charge is -2.34. The molecular formula is C15H30N2. The van der Waals surface area contributed by atoms with E-state index in [1.165, 1.54) is 44.2 Å². The molecule has 2 nitrogen and oxygen atoms in total. The van der Waals surface area contributed by atoms with Crippen LogP contribution in [-0.2, 0) is 0 Å². The summed E-state index contributed by atoms with van der Waals surface area (Å²) in [4.78, 5) is 2.52. The Hall–Kier alpha value is -0.340. The Bertz CT molecular complexity index is 223. The first-order valence-corrected chi connectivity index (χ1v) is 7.20. The third-order valence-electron chi connectivity index (χ3n) is 3.79. The van der Waals surface area contributed by atoms with Gasteiger partial charge in [-0.1, -0.05) is 18.6 Å². The van der Waals surface area contributed by atoms with Gasteiger partial charge in [-0.3, -0.25) is 4.90 Å². The summed E-state index contributed by atoms with van der Waals surface area (Å²) in [5, 5.41) is 3.65.